The van der Waals surface area contributed by atoms with Gasteiger partial charge in [-0.1, -0.05) is 58.4 Å². The molecule has 3 aromatic carbocycles. The molecular weight excluding hydrogens is 558 g/mol. The number of para-hydroxylation sites is 1. The molecule has 1 N–H and O–H groups in total. The molecule has 0 saturated heterocycles. The molecule has 1 aromatic heterocycles. The van der Waals surface area contributed by atoms with Crippen molar-refractivity contribution in [1.29, 1.82) is 0 Å². The number of rotatable bonds is 3. The van der Waals surface area contributed by atoms with Crippen molar-refractivity contribution in [2.24, 2.45) is 0 Å². The van der Waals surface area contributed by atoms with Crippen molar-refractivity contribution in [2.45, 2.75) is 6.10 Å². The van der Waals surface area contributed by atoms with E-state index in [-0.39, 0.29) is 33.4 Å². The summed E-state index contributed by atoms with van der Waals surface area (Å²) >= 11 is 6.85. The van der Waals surface area contributed by atoms with Gasteiger partial charge in [-0.3, -0.25) is 10.1 Å². The van der Waals surface area contributed by atoms with Crippen LogP contribution in [0.5, 0.6) is 11.5 Å². The molecule has 0 spiro atoms. The summed E-state index contributed by atoms with van der Waals surface area (Å²) in [5.41, 5.74) is -0.660. The lowest BCUT2D eigenvalue weighted by atomic mass is 9.89. The SMILES string of the molecule is O=c1oc2ccccc2c(O)c1C1=C([N+](=O)[O-])C(c2ccccc2)Oc2c(Br)cc(Br)cc21. The van der Waals surface area contributed by atoms with Crippen LogP contribution in [0.1, 0.15) is 22.8 Å². The summed E-state index contributed by atoms with van der Waals surface area (Å²) in [7, 11) is 0. The highest BCUT2D eigenvalue weighted by molar-refractivity contribution is 9.11. The summed E-state index contributed by atoms with van der Waals surface area (Å²) in [5, 5.41) is 23.8. The Balaban J connectivity index is 1.95. The third kappa shape index (κ3) is 3.53. The molecule has 0 amide bonds. The molecule has 164 valence electrons. The topological polar surface area (TPSA) is 103 Å². The maximum absolute atomic E-state index is 13.1. The number of nitro groups is 1. The smallest absolute Gasteiger partial charge is 0.348 e. The minimum absolute atomic E-state index is 0.0610. The van der Waals surface area contributed by atoms with Gasteiger partial charge in [-0.05, 0) is 40.2 Å². The molecule has 1 aliphatic rings. The summed E-state index contributed by atoms with van der Waals surface area (Å²) < 4.78 is 12.7. The summed E-state index contributed by atoms with van der Waals surface area (Å²) in [6.45, 7) is 0. The minimum Gasteiger partial charge on any atom is -0.506 e. The summed E-state index contributed by atoms with van der Waals surface area (Å²) in [4.78, 5) is 24.9. The molecule has 0 aliphatic carbocycles. The minimum atomic E-state index is -1.13. The number of benzene rings is 3. The lowest BCUT2D eigenvalue weighted by Crippen LogP contribution is -2.25. The fourth-order valence-electron chi connectivity index (χ4n) is 3.97. The summed E-state index contributed by atoms with van der Waals surface area (Å²) in [5.74, 6) is -0.0911. The molecule has 0 radical (unpaired) electrons. The number of hydrogen-bond acceptors (Lipinski definition) is 6. The Morgan fingerprint density at radius 2 is 1.70 bits per heavy atom. The highest BCUT2D eigenvalue weighted by atomic mass is 79.9. The summed E-state index contributed by atoms with van der Waals surface area (Å²) in [6, 6.07) is 18.5. The number of ether oxygens (including phenoxy) is 1. The second-order valence-corrected chi connectivity index (χ2v) is 9.07. The molecular formula is C24H13Br2NO6. The van der Waals surface area contributed by atoms with Gasteiger partial charge in [-0.25, -0.2) is 4.79 Å². The van der Waals surface area contributed by atoms with Crippen molar-refractivity contribution in [3.05, 3.63) is 119 Å². The van der Waals surface area contributed by atoms with Crippen molar-refractivity contribution in [1.82, 2.24) is 0 Å². The first-order valence-electron chi connectivity index (χ1n) is 9.71. The van der Waals surface area contributed by atoms with Crippen LogP contribution in [0, 0.1) is 10.1 Å². The van der Waals surface area contributed by atoms with E-state index >= 15 is 0 Å². The van der Waals surface area contributed by atoms with Gasteiger partial charge in [0, 0.05) is 15.6 Å². The average molecular weight is 571 g/mol. The molecule has 1 atom stereocenters. The van der Waals surface area contributed by atoms with Gasteiger partial charge >= 0.3 is 5.63 Å². The Kier molecular flexibility index (Phi) is 5.30. The molecule has 1 aliphatic heterocycles. The number of nitrogens with zero attached hydrogens (tertiary/aromatic N) is 1. The second-order valence-electron chi connectivity index (χ2n) is 7.30. The van der Waals surface area contributed by atoms with Crippen molar-refractivity contribution in [3.8, 4) is 11.5 Å². The van der Waals surface area contributed by atoms with Gasteiger partial charge in [-0.15, -0.1) is 0 Å². The number of aromatic hydroxyl groups is 1. The molecule has 0 saturated carbocycles. The Bertz CT molecular complexity index is 1530. The molecule has 4 aromatic rings. The van der Waals surface area contributed by atoms with Gasteiger partial charge in [0.05, 0.1) is 20.4 Å². The van der Waals surface area contributed by atoms with E-state index in [1.807, 2.05) is 0 Å². The zero-order valence-corrected chi connectivity index (χ0v) is 19.8. The fraction of sp³-hybridized carbons (Fsp3) is 0.0417. The van der Waals surface area contributed by atoms with Gasteiger partial charge in [0.25, 0.3) is 5.70 Å². The largest absolute Gasteiger partial charge is 0.506 e. The Morgan fingerprint density at radius 1 is 1.00 bits per heavy atom. The van der Waals surface area contributed by atoms with E-state index in [1.165, 1.54) is 0 Å². The first-order valence-corrected chi connectivity index (χ1v) is 11.3. The molecule has 9 heteroatoms. The predicted octanol–water partition coefficient (Wildman–Crippen LogP) is 6.19. The normalized spacial score (nSPS) is 15.3. The van der Waals surface area contributed by atoms with Crippen LogP contribution < -0.4 is 10.4 Å². The Hall–Kier alpha value is -3.43. The van der Waals surface area contributed by atoms with Crippen LogP contribution in [0.3, 0.4) is 0 Å². The van der Waals surface area contributed by atoms with Gasteiger partial charge in [0.15, 0.2) is 0 Å². The first kappa shape index (κ1) is 21.4. The lowest BCUT2D eigenvalue weighted by Gasteiger charge is -2.27. The molecule has 5 rings (SSSR count). The molecule has 7 nitrogen and oxygen atoms in total. The first-order chi connectivity index (χ1) is 15.9. The number of halogens is 2. The van der Waals surface area contributed by atoms with Crippen LogP contribution in [-0.2, 0) is 0 Å². The maximum atomic E-state index is 13.1. The van der Waals surface area contributed by atoms with E-state index in [2.05, 4.69) is 31.9 Å². The Labute approximate surface area is 203 Å². The molecule has 33 heavy (non-hydrogen) atoms. The quantitative estimate of drug-likeness (QED) is 0.179. The predicted molar refractivity (Wildman–Crippen MR) is 129 cm³/mol. The van der Waals surface area contributed by atoms with Crippen molar-refractivity contribution in [3.63, 3.8) is 0 Å². The van der Waals surface area contributed by atoms with Crippen LogP contribution in [0.15, 0.2) is 90.6 Å². The molecule has 2 heterocycles. The second kappa shape index (κ2) is 8.17. The van der Waals surface area contributed by atoms with E-state index in [0.29, 0.717) is 20.3 Å². The van der Waals surface area contributed by atoms with Gasteiger partial charge < -0.3 is 14.3 Å². The molecule has 0 fully saturated rings. The highest BCUT2D eigenvalue weighted by Crippen LogP contribution is 2.50. The van der Waals surface area contributed by atoms with Crippen molar-refractivity contribution >= 4 is 48.4 Å². The van der Waals surface area contributed by atoms with Crippen molar-refractivity contribution < 1.29 is 19.2 Å². The number of fused-ring (bicyclic) bond motifs is 2. The fourth-order valence-corrected chi connectivity index (χ4v) is 5.28. The lowest BCUT2D eigenvalue weighted by molar-refractivity contribution is -0.435. The Morgan fingerprint density at radius 3 is 2.42 bits per heavy atom. The van der Waals surface area contributed by atoms with E-state index < -0.39 is 22.4 Å². The third-order valence-electron chi connectivity index (χ3n) is 5.35. The third-order valence-corrected chi connectivity index (χ3v) is 6.40. The zero-order chi connectivity index (χ0) is 23.3. The molecule has 0 bridgehead atoms. The van der Waals surface area contributed by atoms with Crippen LogP contribution in [0.2, 0.25) is 0 Å². The van der Waals surface area contributed by atoms with Gasteiger partial charge in [0.2, 0.25) is 6.10 Å². The van der Waals surface area contributed by atoms with E-state index in [9.17, 15) is 20.0 Å². The standard InChI is InChI=1S/C24H13Br2NO6/c25-13-10-15-18(19-21(28)14-8-4-5-9-17(14)32-24(19)29)20(27(30)31)22(12-6-2-1-3-7-12)33-23(15)16(26)11-13/h1-11,22,28H. The number of hydrogen-bond donors (Lipinski definition) is 1. The van der Waals surface area contributed by atoms with Crippen LogP contribution in [0.4, 0.5) is 0 Å². The van der Waals surface area contributed by atoms with Crippen LogP contribution in [-0.4, -0.2) is 10.0 Å². The molecule has 1 unspecified atom stereocenters. The van der Waals surface area contributed by atoms with Gasteiger partial charge in [-0.2, -0.15) is 0 Å². The van der Waals surface area contributed by atoms with E-state index in [0.717, 1.165) is 0 Å². The van der Waals surface area contributed by atoms with Crippen molar-refractivity contribution in [2.75, 3.05) is 0 Å². The zero-order valence-electron chi connectivity index (χ0n) is 16.6. The maximum Gasteiger partial charge on any atom is 0.348 e. The monoisotopic (exact) mass is 569 g/mol. The average Bonchev–Trinajstić information content (AvgIpc) is 2.79. The van der Waals surface area contributed by atoms with E-state index in [1.54, 1.807) is 66.7 Å². The highest BCUT2D eigenvalue weighted by Gasteiger charge is 2.42. The van der Waals surface area contributed by atoms with Gasteiger partial charge in [0.1, 0.15) is 22.6 Å². The van der Waals surface area contributed by atoms with Crippen LogP contribution in [0.25, 0.3) is 16.5 Å². The summed E-state index contributed by atoms with van der Waals surface area (Å²) in [6.07, 6.45) is -1.13. The van der Waals surface area contributed by atoms with E-state index in [4.69, 9.17) is 9.15 Å². The van der Waals surface area contributed by atoms with Crippen LogP contribution >= 0.6 is 31.9 Å².